The Morgan fingerprint density at radius 2 is 1.60 bits per heavy atom. The number of fused-ring (bicyclic) bond motifs is 1. The Balaban J connectivity index is 1.31. The molecule has 3 amide bonds. The summed E-state index contributed by atoms with van der Waals surface area (Å²) in [4.78, 5) is 46.7. The number of rotatable bonds is 6. The van der Waals surface area contributed by atoms with E-state index in [1.165, 1.54) is 6.07 Å². The van der Waals surface area contributed by atoms with Crippen molar-refractivity contribution < 1.29 is 18.7 Å². The van der Waals surface area contributed by atoms with E-state index in [-0.39, 0.29) is 17.2 Å². The van der Waals surface area contributed by atoms with E-state index in [1.807, 2.05) is 42.2 Å². The Morgan fingerprint density at radius 3 is 2.25 bits per heavy atom. The second-order valence-electron chi connectivity index (χ2n) is 10.1. The zero-order valence-electron chi connectivity index (χ0n) is 23.2. The van der Waals surface area contributed by atoms with E-state index in [0.717, 1.165) is 50.6 Å². The minimum absolute atomic E-state index is 0.0321. The van der Waals surface area contributed by atoms with Crippen LogP contribution >= 0.6 is 0 Å². The van der Waals surface area contributed by atoms with Crippen molar-refractivity contribution >= 4 is 40.0 Å². The number of carbonyl (C=O) groups is 2. The number of nitrogens with one attached hydrogen (secondary N) is 2. The predicted octanol–water partition coefficient (Wildman–Crippen LogP) is 2.66. The van der Waals surface area contributed by atoms with E-state index in [2.05, 4.69) is 32.4 Å². The first kappa shape index (κ1) is 27.3. The van der Waals surface area contributed by atoms with Gasteiger partial charge in [0.1, 0.15) is 5.75 Å². The highest BCUT2D eigenvalue weighted by Crippen LogP contribution is 2.32. The number of benzene rings is 2. The maximum absolute atomic E-state index is 13.2. The zero-order chi connectivity index (χ0) is 28.2. The third kappa shape index (κ3) is 5.84. The molecular weight excluding hydrogens is 512 g/mol. The summed E-state index contributed by atoms with van der Waals surface area (Å²) in [6.07, 6.45) is 0. The van der Waals surface area contributed by atoms with Gasteiger partial charge < -0.3 is 39.4 Å². The minimum atomic E-state index is -0.498. The van der Waals surface area contributed by atoms with E-state index in [1.54, 1.807) is 13.2 Å². The van der Waals surface area contributed by atoms with Gasteiger partial charge in [0.2, 0.25) is 0 Å². The predicted molar refractivity (Wildman–Crippen MR) is 156 cm³/mol. The first-order chi connectivity index (χ1) is 19.4. The number of anilines is 3. The summed E-state index contributed by atoms with van der Waals surface area (Å²) in [7, 11) is 3.64. The molecule has 2 N–H and O–H groups in total. The maximum Gasteiger partial charge on any atom is 0.317 e. The molecule has 1 aromatic heterocycles. The average Bonchev–Trinajstić information content (AvgIpc) is 2.97. The average molecular weight is 549 g/mol. The summed E-state index contributed by atoms with van der Waals surface area (Å²) in [5.41, 5.74) is 2.42. The van der Waals surface area contributed by atoms with E-state index in [0.29, 0.717) is 42.0 Å². The Labute approximate surface area is 233 Å². The van der Waals surface area contributed by atoms with Crippen LogP contribution in [0.4, 0.5) is 21.9 Å². The molecule has 0 bridgehead atoms. The number of methoxy groups -OCH3 is 1. The molecule has 0 unspecified atom stereocenters. The highest BCUT2D eigenvalue weighted by Gasteiger charge is 2.23. The third-order valence-corrected chi connectivity index (χ3v) is 7.47. The van der Waals surface area contributed by atoms with E-state index in [9.17, 15) is 14.4 Å². The molecular formula is C29H36N6O5. The first-order valence-electron chi connectivity index (χ1n) is 13.6. The van der Waals surface area contributed by atoms with Crippen molar-refractivity contribution in [3.63, 3.8) is 0 Å². The number of nitrogens with zero attached hydrogens (tertiary/aromatic N) is 4. The van der Waals surface area contributed by atoms with Crippen LogP contribution in [-0.2, 0) is 0 Å². The highest BCUT2D eigenvalue weighted by molar-refractivity contribution is 6.03. The van der Waals surface area contributed by atoms with Crippen molar-refractivity contribution in [1.82, 2.24) is 15.1 Å². The van der Waals surface area contributed by atoms with Crippen LogP contribution in [0.5, 0.6) is 5.75 Å². The van der Waals surface area contributed by atoms with Gasteiger partial charge in [-0.3, -0.25) is 9.59 Å². The van der Waals surface area contributed by atoms with Gasteiger partial charge in [0.25, 0.3) is 5.91 Å². The summed E-state index contributed by atoms with van der Waals surface area (Å²) in [6.45, 7) is 8.56. The van der Waals surface area contributed by atoms with Gasteiger partial charge in [-0.1, -0.05) is 0 Å². The molecule has 2 aliphatic rings. The molecule has 0 atom stereocenters. The van der Waals surface area contributed by atoms with Crippen molar-refractivity contribution in [1.29, 1.82) is 0 Å². The molecule has 0 spiro atoms. The molecule has 0 saturated carbocycles. The summed E-state index contributed by atoms with van der Waals surface area (Å²) in [5.74, 6) is 0.0164. The summed E-state index contributed by atoms with van der Waals surface area (Å²) in [6, 6.07) is 12.2. The largest absolute Gasteiger partial charge is 0.497 e. The Morgan fingerprint density at radius 1 is 0.925 bits per heavy atom. The molecule has 3 heterocycles. The van der Waals surface area contributed by atoms with Gasteiger partial charge in [-0.25, -0.2) is 4.79 Å². The fourth-order valence-electron chi connectivity index (χ4n) is 5.11. The molecule has 0 aliphatic carbocycles. The van der Waals surface area contributed by atoms with Crippen LogP contribution < -0.4 is 30.6 Å². The molecule has 2 aliphatic heterocycles. The normalized spacial score (nSPS) is 16.2. The summed E-state index contributed by atoms with van der Waals surface area (Å²) >= 11 is 0. The van der Waals surface area contributed by atoms with Crippen LogP contribution in [0.3, 0.4) is 0 Å². The SMILES string of the molecule is CCNC(=O)N1CCN(c2ccc(NC(=O)c3cc(=O)c4cc(OC)cc(N5CCN(C)CC5)c4o3)cc2)CC1. The minimum Gasteiger partial charge on any atom is -0.497 e. The molecule has 2 aromatic carbocycles. The van der Waals surface area contributed by atoms with Crippen molar-refractivity contribution in [3.05, 3.63) is 58.4 Å². The number of hydrogen-bond acceptors (Lipinski definition) is 8. The third-order valence-electron chi connectivity index (χ3n) is 7.47. The molecule has 0 radical (unpaired) electrons. The second kappa shape index (κ2) is 11.9. The second-order valence-corrected chi connectivity index (χ2v) is 10.1. The van der Waals surface area contributed by atoms with Crippen molar-refractivity contribution in [2.24, 2.45) is 0 Å². The van der Waals surface area contributed by atoms with Gasteiger partial charge in [0, 0.05) is 82.4 Å². The van der Waals surface area contributed by atoms with Gasteiger partial charge in [0.05, 0.1) is 18.2 Å². The van der Waals surface area contributed by atoms with Crippen LogP contribution in [0, 0.1) is 0 Å². The number of urea groups is 1. The first-order valence-corrected chi connectivity index (χ1v) is 13.6. The number of piperazine rings is 2. The highest BCUT2D eigenvalue weighted by atomic mass is 16.5. The molecule has 212 valence electrons. The fraction of sp³-hybridized carbons (Fsp3) is 0.414. The molecule has 3 aromatic rings. The summed E-state index contributed by atoms with van der Waals surface area (Å²) in [5, 5.41) is 6.06. The lowest BCUT2D eigenvalue weighted by molar-refractivity contribution is 0.0997. The number of amides is 3. The van der Waals surface area contributed by atoms with Crippen molar-refractivity contribution in [2.75, 3.05) is 88.2 Å². The Bertz CT molecular complexity index is 1420. The zero-order valence-corrected chi connectivity index (χ0v) is 23.2. The molecule has 40 heavy (non-hydrogen) atoms. The lowest BCUT2D eigenvalue weighted by Gasteiger charge is -2.36. The van der Waals surface area contributed by atoms with Gasteiger partial charge in [-0.05, 0) is 44.3 Å². The molecule has 2 saturated heterocycles. The molecule has 5 rings (SSSR count). The quantitative estimate of drug-likeness (QED) is 0.484. The number of ether oxygens (including phenoxy) is 1. The van der Waals surface area contributed by atoms with Gasteiger partial charge in [0.15, 0.2) is 16.8 Å². The number of likely N-dealkylation sites (N-methyl/N-ethyl adjacent to an activating group) is 1. The molecule has 2 fully saturated rings. The molecule has 11 heteroatoms. The van der Waals surface area contributed by atoms with Crippen LogP contribution in [0.2, 0.25) is 0 Å². The molecule has 11 nitrogen and oxygen atoms in total. The van der Waals surface area contributed by atoms with Crippen LogP contribution in [-0.4, -0.2) is 94.8 Å². The van der Waals surface area contributed by atoms with Crippen LogP contribution in [0.15, 0.2) is 51.7 Å². The number of carbonyl (C=O) groups excluding carboxylic acids is 2. The number of hydrogen-bond donors (Lipinski definition) is 2. The standard InChI is InChI=1S/C29H36N6O5/c1-4-30-29(38)35-15-13-33(14-16-35)21-7-5-20(6-8-21)31-28(37)26-19-25(36)23-17-22(39-3)18-24(27(23)40-26)34-11-9-32(2)10-12-34/h5-8,17-19H,4,9-16H2,1-3H3,(H,30,38)(H,31,37). The monoisotopic (exact) mass is 548 g/mol. The van der Waals surface area contributed by atoms with Gasteiger partial charge >= 0.3 is 6.03 Å². The lowest BCUT2D eigenvalue weighted by Crippen LogP contribution is -2.51. The Hall–Kier alpha value is -4.25. The van der Waals surface area contributed by atoms with E-state index >= 15 is 0 Å². The smallest absolute Gasteiger partial charge is 0.317 e. The van der Waals surface area contributed by atoms with E-state index < -0.39 is 5.91 Å². The van der Waals surface area contributed by atoms with Crippen molar-refractivity contribution in [3.8, 4) is 5.75 Å². The van der Waals surface area contributed by atoms with Crippen molar-refractivity contribution in [2.45, 2.75) is 6.92 Å². The van der Waals surface area contributed by atoms with Crippen LogP contribution in [0.1, 0.15) is 17.5 Å². The summed E-state index contributed by atoms with van der Waals surface area (Å²) < 4.78 is 11.5. The van der Waals surface area contributed by atoms with E-state index in [4.69, 9.17) is 9.15 Å². The Kier molecular flexibility index (Phi) is 8.11. The van der Waals surface area contributed by atoms with Crippen LogP contribution in [0.25, 0.3) is 11.0 Å². The van der Waals surface area contributed by atoms with Gasteiger partial charge in [-0.15, -0.1) is 0 Å². The lowest BCUT2D eigenvalue weighted by atomic mass is 10.1. The fourth-order valence-corrected chi connectivity index (χ4v) is 5.11. The topological polar surface area (TPSA) is 111 Å². The van der Waals surface area contributed by atoms with Gasteiger partial charge in [-0.2, -0.15) is 0 Å². The maximum atomic E-state index is 13.2.